The first-order valence-electron chi connectivity index (χ1n) is 6.89. The summed E-state index contributed by atoms with van der Waals surface area (Å²) in [7, 11) is 1.65. The number of carboxylic acids is 1. The minimum atomic E-state index is -0.935. The highest BCUT2D eigenvalue weighted by Crippen LogP contribution is 2.26. The Morgan fingerprint density at radius 2 is 2.15 bits per heavy atom. The maximum atomic E-state index is 11.5. The van der Waals surface area contributed by atoms with Crippen LogP contribution in [0.15, 0.2) is 6.07 Å². The third-order valence-corrected chi connectivity index (χ3v) is 3.49. The van der Waals surface area contributed by atoms with E-state index in [2.05, 4.69) is 23.7 Å². The van der Waals surface area contributed by atoms with Gasteiger partial charge in [0.2, 0.25) is 0 Å². The van der Waals surface area contributed by atoms with E-state index in [9.17, 15) is 9.90 Å². The third kappa shape index (κ3) is 3.70. The summed E-state index contributed by atoms with van der Waals surface area (Å²) in [5.74, 6) is -0.935. The Hall–Kier alpha value is -1.62. The Bertz CT molecular complexity index is 474. The second-order valence-electron chi connectivity index (χ2n) is 4.99. The summed E-state index contributed by atoms with van der Waals surface area (Å²) in [5, 5.41) is 9.47. The number of carboxylic acid groups (broad SMARTS) is 1. The van der Waals surface area contributed by atoms with Gasteiger partial charge in [-0.1, -0.05) is 6.92 Å². The largest absolute Gasteiger partial charge is 0.478 e. The molecule has 0 fully saturated rings. The van der Waals surface area contributed by atoms with Gasteiger partial charge in [0, 0.05) is 25.4 Å². The van der Waals surface area contributed by atoms with Crippen molar-refractivity contribution in [1.29, 1.82) is 0 Å². The minimum Gasteiger partial charge on any atom is -0.478 e. The van der Waals surface area contributed by atoms with E-state index in [1.165, 1.54) is 0 Å². The zero-order chi connectivity index (χ0) is 15.3. The van der Waals surface area contributed by atoms with E-state index in [1.54, 1.807) is 14.0 Å². The van der Waals surface area contributed by atoms with Gasteiger partial charge in [-0.25, -0.2) is 4.79 Å². The van der Waals surface area contributed by atoms with Gasteiger partial charge in [-0.15, -0.1) is 0 Å². The molecule has 1 rings (SSSR count). The molecule has 0 aliphatic heterocycles. The number of methoxy groups -OCH3 is 1. The SMILES string of the molecule is CCC(C)N(CCOC)c1cc(C)nc(C)c1C(=O)O. The molecule has 0 saturated heterocycles. The number of nitrogens with zero attached hydrogens (tertiary/aromatic N) is 2. The summed E-state index contributed by atoms with van der Waals surface area (Å²) in [5.41, 5.74) is 2.40. The van der Waals surface area contributed by atoms with Gasteiger partial charge < -0.3 is 14.7 Å². The van der Waals surface area contributed by atoms with E-state index in [-0.39, 0.29) is 11.6 Å². The van der Waals surface area contributed by atoms with Gasteiger partial charge in [0.25, 0.3) is 0 Å². The monoisotopic (exact) mass is 280 g/mol. The van der Waals surface area contributed by atoms with Crippen LogP contribution >= 0.6 is 0 Å². The van der Waals surface area contributed by atoms with Gasteiger partial charge in [-0.2, -0.15) is 0 Å². The number of aromatic carboxylic acids is 1. The molecule has 0 amide bonds. The second-order valence-corrected chi connectivity index (χ2v) is 4.99. The fourth-order valence-corrected chi connectivity index (χ4v) is 2.29. The Morgan fingerprint density at radius 3 is 2.65 bits per heavy atom. The highest BCUT2D eigenvalue weighted by molar-refractivity contribution is 5.95. The average molecular weight is 280 g/mol. The zero-order valence-corrected chi connectivity index (χ0v) is 12.9. The predicted octanol–water partition coefficient (Wildman–Crippen LogP) is 2.65. The molecule has 0 aliphatic carbocycles. The Labute approximate surface area is 120 Å². The molecule has 20 heavy (non-hydrogen) atoms. The van der Waals surface area contributed by atoms with Gasteiger partial charge in [0.05, 0.1) is 18.0 Å². The van der Waals surface area contributed by atoms with Crippen LogP contribution in [0.3, 0.4) is 0 Å². The molecule has 112 valence electrons. The number of rotatable bonds is 7. The van der Waals surface area contributed by atoms with Crippen molar-refractivity contribution < 1.29 is 14.6 Å². The van der Waals surface area contributed by atoms with Crippen molar-refractivity contribution in [2.45, 2.75) is 40.2 Å². The molecule has 1 heterocycles. The fourth-order valence-electron chi connectivity index (χ4n) is 2.29. The number of hydrogen-bond acceptors (Lipinski definition) is 4. The maximum absolute atomic E-state index is 11.5. The third-order valence-electron chi connectivity index (χ3n) is 3.49. The van der Waals surface area contributed by atoms with Crippen LogP contribution in [0.25, 0.3) is 0 Å². The van der Waals surface area contributed by atoms with Gasteiger partial charge >= 0.3 is 5.97 Å². The van der Waals surface area contributed by atoms with Crippen LogP contribution in [-0.4, -0.2) is 42.4 Å². The molecule has 0 bridgehead atoms. The van der Waals surface area contributed by atoms with Crippen molar-refractivity contribution in [2.75, 3.05) is 25.2 Å². The van der Waals surface area contributed by atoms with E-state index in [0.29, 0.717) is 18.8 Å². The quantitative estimate of drug-likeness (QED) is 0.832. The van der Waals surface area contributed by atoms with Gasteiger partial charge in [-0.05, 0) is 33.3 Å². The predicted molar refractivity (Wildman–Crippen MR) is 79.6 cm³/mol. The lowest BCUT2D eigenvalue weighted by molar-refractivity contribution is 0.0696. The molecule has 0 aromatic carbocycles. The molecular weight excluding hydrogens is 256 g/mol. The van der Waals surface area contributed by atoms with E-state index >= 15 is 0 Å². The van der Waals surface area contributed by atoms with Crippen molar-refractivity contribution in [3.8, 4) is 0 Å². The van der Waals surface area contributed by atoms with E-state index in [0.717, 1.165) is 17.8 Å². The van der Waals surface area contributed by atoms with Crippen molar-refractivity contribution in [1.82, 2.24) is 4.98 Å². The summed E-state index contributed by atoms with van der Waals surface area (Å²) in [6.07, 6.45) is 0.934. The summed E-state index contributed by atoms with van der Waals surface area (Å²) in [6.45, 7) is 9.02. The minimum absolute atomic E-state index is 0.240. The number of hydrogen-bond donors (Lipinski definition) is 1. The first kappa shape index (κ1) is 16.4. The van der Waals surface area contributed by atoms with Crippen LogP contribution in [0.2, 0.25) is 0 Å². The number of ether oxygens (including phenoxy) is 1. The van der Waals surface area contributed by atoms with Crippen molar-refractivity contribution in [3.05, 3.63) is 23.0 Å². The highest BCUT2D eigenvalue weighted by atomic mass is 16.5. The number of aryl methyl sites for hydroxylation is 2. The molecule has 5 nitrogen and oxygen atoms in total. The van der Waals surface area contributed by atoms with Crippen molar-refractivity contribution in [2.24, 2.45) is 0 Å². The average Bonchev–Trinajstić information content (AvgIpc) is 2.37. The molecule has 1 aromatic heterocycles. The molecule has 5 heteroatoms. The fraction of sp³-hybridized carbons (Fsp3) is 0.600. The summed E-state index contributed by atoms with van der Waals surface area (Å²) < 4.78 is 5.14. The van der Waals surface area contributed by atoms with Crippen LogP contribution in [0, 0.1) is 13.8 Å². The molecular formula is C15H24N2O3. The van der Waals surface area contributed by atoms with Gasteiger partial charge in [0.1, 0.15) is 5.56 Å². The molecule has 0 radical (unpaired) electrons. The van der Waals surface area contributed by atoms with Gasteiger partial charge in [-0.3, -0.25) is 4.98 Å². The summed E-state index contributed by atoms with van der Waals surface area (Å²) in [4.78, 5) is 17.9. The number of anilines is 1. The molecule has 0 spiro atoms. The summed E-state index contributed by atoms with van der Waals surface area (Å²) >= 11 is 0. The summed E-state index contributed by atoms with van der Waals surface area (Å²) in [6, 6.07) is 2.09. The molecule has 0 saturated carbocycles. The second kappa shape index (κ2) is 7.24. The topological polar surface area (TPSA) is 62.7 Å². The lowest BCUT2D eigenvalue weighted by atomic mass is 10.1. The van der Waals surface area contributed by atoms with E-state index in [1.807, 2.05) is 13.0 Å². The smallest absolute Gasteiger partial charge is 0.339 e. The number of carbonyl (C=O) groups is 1. The Morgan fingerprint density at radius 1 is 1.50 bits per heavy atom. The van der Waals surface area contributed by atoms with Gasteiger partial charge in [0.15, 0.2) is 0 Å². The zero-order valence-electron chi connectivity index (χ0n) is 12.9. The first-order chi connectivity index (χ1) is 9.42. The lowest BCUT2D eigenvalue weighted by Crippen LogP contribution is -2.37. The Balaban J connectivity index is 3.33. The van der Waals surface area contributed by atoms with Crippen molar-refractivity contribution >= 4 is 11.7 Å². The van der Waals surface area contributed by atoms with Crippen LogP contribution in [0.1, 0.15) is 42.0 Å². The lowest BCUT2D eigenvalue weighted by Gasteiger charge is -2.32. The van der Waals surface area contributed by atoms with Crippen LogP contribution < -0.4 is 4.90 Å². The van der Waals surface area contributed by atoms with Crippen LogP contribution in [0.5, 0.6) is 0 Å². The maximum Gasteiger partial charge on any atom is 0.339 e. The number of pyridine rings is 1. The number of aromatic nitrogens is 1. The first-order valence-corrected chi connectivity index (χ1v) is 6.89. The van der Waals surface area contributed by atoms with E-state index < -0.39 is 5.97 Å². The highest BCUT2D eigenvalue weighted by Gasteiger charge is 2.22. The van der Waals surface area contributed by atoms with Crippen LogP contribution in [0.4, 0.5) is 5.69 Å². The molecule has 1 aromatic rings. The molecule has 1 atom stereocenters. The van der Waals surface area contributed by atoms with Crippen LogP contribution in [-0.2, 0) is 4.74 Å². The molecule has 1 unspecified atom stereocenters. The normalized spacial score (nSPS) is 12.2. The molecule has 0 aliphatic rings. The Kier molecular flexibility index (Phi) is 5.95. The standard InChI is InChI=1S/C15H24N2O3/c1-6-11(3)17(7-8-20-5)13-9-10(2)16-12(4)14(13)15(18)19/h9,11H,6-8H2,1-5H3,(H,18,19). The molecule has 1 N–H and O–H groups in total. The van der Waals surface area contributed by atoms with E-state index in [4.69, 9.17) is 4.74 Å². The van der Waals surface area contributed by atoms with Crippen molar-refractivity contribution in [3.63, 3.8) is 0 Å².